The third-order valence-corrected chi connectivity index (χ3v) is 12.8. The molecule has 3 aromatic heterocycles. The van der Waals surface area contributed by atoms with Crippen LogP contribution in [0, 0.1) is 35.8 Å². The molecule has 0 N–H and O–H groups in total. The second-order valence-corrected chi connectivity index (χ2v) is 15.1. The van der Waals surface area contributed by atoms with Crippen LogP contribution in [0.2, 0.25) is 0 Å². The number of nitriles is 2. The van der Waals surface area contributed by atoms with E-state index in [1.807, 2.05) is 38.1 Å². The van der Waals surface area contributed by atoms with Crippen molar-refractivity contribution < 1.29 is 19.2 Å². The summed E-state index contributed by atoms with van der Waals surface area (Å²) in [6, 6.07) is 11.1. The number of carbonyl (C=O) groups is 4. The minimum atomic E-state index is -0.532. The fourth-order valence-corrected chi connectivity index (χ4v) is 11.0. The normalized spacial score (nSPS) is 15.6. The van der Waals surface area contributed by atoms with Crippen LogP contribution in [-0.4, -0.2) is 23.1 Å². The van der Waals surface area contributed by atoms with Crippen LogP contribution in [-0.2, 0) is 5.41 Å². The second kappa shape index (κ2) is 9.96. The lowest BCUT2D eigenvalue weighted by Crippen LogP contribution is -2.16. The van der Waals surface area contributed by atoms with Gasteiger partial charge in [0.05, 0.1) is 49.5 Å². The highest BCUT2D eigenvalue weighted by Crippen LogP contribution is 2.55. The zero-order valence-corrected chi connectivity index (χ0v) is 27.2. The molecule has 8 nitrogen and oxygen atoms in total. The summed E-state index contributed by atoms with van der Waals surface area (Å²) in [4.78, 5) is 61.5. The highest BCUT2D eigenvalue weighted by Gasteiger charge is 2.40. The molecule has 5 aromatic rings. The summed E-state index contributed by atoms with van der Waals surface area (Å²) >= 11 is 4.68. The highest BCUT2D eigenvalue weighted by molar-refractivity contribution is 7.39. The van der Waals surface area contributed by atoms with Crippen molar-refractivity contribution in [3.63, 3.8) is 0 Å². The van der Waals surface area contributed by atoms with E-state index in [0.29, 0.717) is 0 Å². The van der Waals surface area contributed by atoms with Crippen LogP contribution in [0.5, 0.6) is 0 Å². The SMILES string of the molecule is [C-]#[N+]c1cc2c(cc1[N+]#[C-])C(=O)C(=CC1=Cc3sc4c(sc5cc(C=C6C(=O)c7cc(C#N)c(C#N)cc7C6=O)sc54)c3C1(C)C)C2=O. The van der Waals surface area contributed by atoms with Crippen molar-refractivity contribution in [2.24, 2.45) is 0 Å². The molecular weight excluding hydrogens is 661 g/mol. The van der Waals surface area contributed by atoms with E-state index < -0.39 is 28.5 Å². The molecule has 224 valence electrons. The molecule has 0 spiro atoms. The van der Waals surface area contributed by atoms with Gasteiger partial charge in [-0.25, -0.2) is 0 Å². The lowest BCUT2D eigenvalue weighted by atomic mass is 9.81. The maximum atomic E-state index is 13.3. The zero-order valence-electron chi connectivity index (χ0n) is 24.8. The third-order valence-electron chi connectivity index (χ3n) is 8.96. The fraction of sp³-hybridized carbons (Fsp3) is 0.0811. The first-order chi connectivity index (χ1) is 23.0. The number of rotatable bonds is 2. The maximum Gasteiger partial charge on any atom is 0.197 e. The van der Waals surface area contributed by atoms with Gasteiger partial charge in [-0.1, -0.05) is 26.0 Å². The van der Waals surface area contributed by atoms with Crippen molar-refractivity contribution in [3.05, 3.63) is 125 Å². The van der Waals surface area contributed by atoms with Gasteiger partial charge in [-0.05, 0) is 47.6 Å². The van der Waals surface area contributed by atoms with Crippen molar-refractivity contribution in [2.75, 3.05) is 0 Å². The van der Waals surface area contributed by atoms with Crippen molar-refractivity contribution in [1.29, 1.82) is 10.5 Å². The van der Waals surface area contributed by atoms with Gasteiger partial charge in [0.2, 0.25) is 0 Å². The molecule has 3 aliphatic rings. The Hall–Kier alpha value is -6.08. The van der Waals surface area contributed by atoms with E-state index in [9.17, 15) is 29.7 Å². The summed E-state index contributed by atoms with van der Waals surface area (Å²) in [5.41, 5.74) is 2.13. The molecule has 8 rings (SSSR count). The Kier molecular flexibility index (Phi) is 6.09. The third kappa shape index (κ3) is 3.81. The van der Waals surface area contributed by atoms with Crippen LogP contribution in [0.15, 0.2) is 53.1 Å². The van der Waals surface area contributed by atoms with Crippen LogP contribution in [0.3, 0.4) is 0 Å². The molecule has 48 heavy (non-hydrogen) atoms. The first-order valence-electron chi connectivity index (χ1n) is 14.3. The van der Waals surface area contributed by atoms with Gasteiger partial charge in [0, 0.05) is 42.1 Å². The first-order valence-corrected chi connectivity index (χ1v) is 16.7. The van der Waals surface area contributed by atoms with E-state index in [2.05, 4.69) is 9.69 Å². The standard InChI is InChI=1S/C37H14N4O4S3/c1-37(2)17(7-23-32(44)21-11-25(40-3)26(41-4)12-22(21)33(23)45)8-27-29(37)35-36(47-27)34-28(48-35)10-18(46-34)9-24-30(42)19-5-15(13-38)16(14-39)6-20(19)31(24)43/h5-12H,1-2H3. The molecular formula is C37H14N4O4S3. The number of ketones is 4. The van der Waals surface area contributed by atoms with Crippen LogP contribution in [0.25, 0.3) is 40.6 Å². The summed E-state index contributed by atoms with van der Waals surface area (Å²) in [5, 5.41) is 18.7. The largest absolute Gasteiger partial charge is 0.288 e. The second-order valence-electron chi connectivity index (χ2n) is 11.9. The van der Waals surface area contributed by atoms with Gasteiger partial charge in [-0.3, -0.25) is 28.9 Å². The minimum absolute atomic E-state index is 0.00155. The maximum absolute atomic E-state index is 13.3. The predicted molar refractivity (Wildman–Crippen MR) is 184 cm³/mol. The molecule has 0 amide bonds. The number of thiophene rings is 3. The first kappa shape index (κ1) is 29.3. The number of hydrogen-bond acceptors (Lipinski definition) is 9. The van der Waals surface area contributed by atoms with E-state index in [4.69, 9.17) is 13.1 Å². The molecule has 2 aromatic carbocycles. The van der Waals surface area contributed by atoms with Gasteiger partial charge >= 0.3 is 0 Å². The summed E-state index contributed by atoms with van der Waals surface area (Å²) in [6.07, 6.45) is 5.22. The van der Waals surface area contributed by atoms with Crippen LogP contribution < -0.4 is 0 Å². The van der Waals surface area contributed by atoms with Crippen molar-refractivity contribution in [2.45, 2.75) is 19.3 Å². The number of hydrogen-bond donors (Lipinski definition) is 0. The molecule has 0 bridgehead atoms. The Labute approximate surface area is 284 Å². The number of allylic oxidation sites excluding steroid dienone is 4. The quantitative estimate of drug-likeness (QED) is 0.104. The number of benzene rings is 2. The van der Waals surface area contributed by atoms with Gasteiger partial charge in [0.1, 0.15) is 12.1 Å². The summed E-state index contributed by atoms with van der Waals surface area (Å²) in [5.74, 6) is -1.85. The lowest BCUT2D eigenvalue weighted by Gasteiger charge is -2.22. The number of Topliss-reactive ketones (excluding diaryl/α,β-unsaturated/α-hetero) is 4. The van der Waals surface area contributed by atoms with Crippen LogP contribution >= 0.6 is 34.0 Å². The van der Waals surface area contributed by atoms with E-state index in [1.54, 1.807) is 34.8 Å². The smallest absolute Gasteiger partial charge is 0.197 e. The Morgan fingerprint density at radius 3 is 1.73 bits per heavy atom. The molecule has 3 aliphatic carbocycles. The molecule has 0 saturated heterocycles. The van der Waals surface area contributed by atoms with Gasteiger partial charge in [-0.2, -0.15) is 10.5 Å². The minimum Gasteiger partial charge on any atom is -0.288 e. The molecule has 0 atom stereocenters. The van der Waals surface area contributed by atoms with Gasteiger partial charge < -0.3 is 0 Å². The van der Waals surface area contributed by atoms with E-state index in [0.717, 1.165) is 39.7 Å². The lowest BCUT2D eigenvalue weighted by molar-refractivity contribution is 0.0974. The molecule has 0 saturated carbocycles. The van der Waals surface area contributed by atoms with E-state index >= 15 is 0 Å². The van der Waals surface area contributed by atoms with Gasteiger partial charge in [0.15, 0.2) is 34.5 Å². The molecule has 0 aliphatic heterocycles. The van der Waals surface area contributed by atoms with Crippen molar-refractivity contribution >= 4 is 99.5 Å². The average molecular weight is 675 g/mol. The van der Waals surface area contributed by atoms with E-state index in [-0.39, 0.29) is 55.9 Å². The Balaban J connectivity index is 1.15. The predicted octanol–water partition coefficient (Wildman–Crippen LogP) is 9.17. The Morgan fingerprint density at radius 2 is 1.21 bits per heavy atom. The summed E-state index contributed by atoms with van der Waals surface area (Å²) in [6.45, 7) is 18.8. The number of nitrogens with zero attached hydrogens (tertiary/aromatic N) is 4. The van der Waals surface area contributed by atoms with Crippen LogP contribution in [0.4, 0.5) is 11.4 Å². The number of fused-ring (bicyclic) bond motifs is 7. The Morgan fingerprint density at radius 1 is 0.688 bits per heavy atom. The Bertz CT molecular complexity index is 2660. The highest BCUT2D eigenvalue weighted by atomic mass is 32.1. The summed E-state index contributed by atoms with van der Waals surface area (Å²) in [7, 11) is 0. The number of carbonyl (C=O) groups excluding carboxylic acids is 4. The molecule has 3 heterocycles. The molecule has 0 fully saturated rings. The van der Waals surface area contributed by atoms with Crippen LogP contribution in [0.1, 0.15) is 81.7 Å². The molecule has 0 unspecified atom stereocenters. The topological polar surface area (TPSA) is 125 Å². The monoisotopic (exact) mass is 674 g/mol. The van der Waals surface area contributed by atoms with Crippen molar-refractivity contribution in [1.82, 2.24) is 0 Å². The average Bonchev–Trinajstić information content (AvgIpc) is 3.87. The summed E-state index contributed by atoms with van der Waals surface area (Å²) < 4.78 is 4.20. The van der Waals surface area contributed by atoms with Gasteiger partial charge in [0.25, 0.3) is 0 Å². The van der Waals surface area contributed by atoms with Gasteiger partial charge in [-0.15, -0.1) is 34.0 Å². The van der Waals surface area contributed by atoms with E-state index in [1.165, 1.54) is 35.6 Å². The zero-order chi connectivity index (χ0) is 33.8. The van der Waals surface area contributed by atoms with Crippen molar-refractivity contribution in [3.8, 4) is 12.1 Å². The molecule has 11 heteroatoms. The molecule has 0 radical (unpaired) electrons. The fourth-order valence-electron chi connectivity index (χ4n) is 6.51.